The van der Waals surface area contributed by atoms with Crippen molar-refractivity contribution in [2.45, 2.75) is 57.0 Å². The van der Waals surface area contributed by atoms with Crippen LogP contribution in [0.2, 0.25) is 10.0 Å². The summed E-state index contributed by atoms with van der Waals surface area (Å²) in [4.78, 5) is 32.1. The second-order valence-electron chi connectivity index (χ2n) is 9.36. The van der Waals surface area contributed by atoms with E-state index in [-0.39, 0.29) is 30.3 Å². The zero-order chi connectivity index (χ0) is 25.7. The molecule has 5 nitrogen and oxygen atoms in total. The molecule has 0 radical (unpaired) electrons. The first kappa shape index (κ1) is 26.2. The van der Waals surface area contributed by atoms with Crippen LogP contribution >= 0.6 is 23.2 Å². The number of carboxylic acids is 1. The highest BCUT2D eigenvalue weighted by atomic mass is 35.5. The minimum atomic E-state index is -0.968. The maximum atomic E-state index is 14.0. The van der Waals surface area contributed by atoms with Gasteiger partial charge in [0.1, 0.15) is 0 Å². The Morgan fingerprint density at radius 3 is 2.47 bits per heavy atom. The van der Waals surface area contributed by atoms with Gasteiger partial charge in [0, 0.05) is 39.8 Å². The maximum absolute atomic E-state index is 14.0. The van der Waals surface area contributed by atoms with E-state index < -0.39 is 11.9 Å². The summed E-state index contributed by atoms with van der Waals surface area (Å²) < 4.78 is 0. The normalized spacial score (nSPS) is 20.8. The average molecular weight is 525 g/mol. The molecule has 1 aromatic heterocycles. The van der Waals surface area contributed by atoms with Crippen LogP contribution in [0.25, 0.3) is 0 Å². The summed E-state index contributed by atoms with van der Waals surface area (Å²) in [5, 5.41) is 10.9. The van der Waals surface area contributed by atoms with E-state index in [2.05, 4.69) is 11.9 Å². The standard InChI is InChI=1S/C29H30Cl2N2O3/c1-2-25(14-13-24-8-3-4-15-32-24)33-28(19-9-11-22(30)12-10-19)26(20-6-5-7-23(31)16-20)17-21(29(33)36)18-27(34)35/h3-12,15-16,21,25-26,28H,2,13-14,17-18H2,1H3,(H,34,35)/t21?,25-,26+,28?/m0/s1. The summed E-state index contributed by atoms with van der Waals surface area (Å²) in [5.41, 5.74) is 2.94. The third-order valence-electron chi connectivity index (χ3n) is 7.06. The number of aryl methyl sites for hydroxylation is 1. The molecular weight excluding hydrogens is 495 g/mol. The molecule has 188 valence electrons. The Bertz CT molecular complexity index is 1190. The van der Waals surface area contributed by atoms with E-state index in [9.17, 15) is 14.7 Å². The van der Waals surface area contributed by atoms with Gasteiger partial charge < -0.3 is 10.0 Å². The zero-order valence-electron chi connectivity index (χ0n) is 20.2. The van der Waals surface area contributed by atoms with Crippen molar-refractivity contribution < 1.29 is 14.7 Å². The number of hydrogen-bond donors (Lipinski definition) is 1. The molecule has 7 heteroatoms. The van der Waals surface area contributed by atoms with Crippen LogP contribution in [-0.2, 0) is 16.0 Å². The second-order valence-corrected chi connectivity index (χ2v) is 10.2. The number of benzene rings is 2. The Morgan fingerprint density at radius 2 is 1.83 bits per heavy atom. The molecule has 1 N–H and O–H groups in total. The lowest BCUT2D eigenvalue weighted by Crippen LogP contribution is -2.52. The number of pyridine rings is 1. The molecule has 0 bridgehead atoms. The minimum absolute atomic E-state index is 0.0848. The van der Waals surface area contributed by atoms with E-state index in [0.29, 0.717) is 16.5 Å². The van der Waals surface area contributed by atoms with E-state index in [1.807, 2.05) is 71.6 Å². The van der Waals surface area contributed by atoms with Gasteiger partial charge in [-0.05, 0) is 73.2 Å². The topological polar surface area (TPSA) is 70.5 Å². The molecule has 2 heterocycles. The number of amides is 1. The predicted molar refractivity (Wildman–Crippen MR) is 142 cm³/mol. The molecule has 36 heavy (non-hydrogen) atoms. The number of aromatic nitrogens is 1. The number of aliphatic carboxylic acids is 1. The van der Waals surface area contributed by atoms with Gasteiger partial charge in [-0.3, -0.25) is 14.6 Å². The third-order valence-corrected chi connectivity index (χ3v) is 7.54. The number of carboxylic acid groups (broad SMARTS) is 1. The van der Waals surface area contributed by atoms with Crippen molar-refractivity contribution >= 4 is 35.1 Å². The maximum Gasteiger partial charge on any atom is 0.304 e. The van der Waals surface area contributed by atoms with Crippen molar-refractivity contribution in [1.82, 2.24) is 9.88 Å². The molecular formula is C29H30Cl2N2O3. The molecule has 1 aliphatic heterocycles. The Kier molecular flexibility index (Phi) is 8.65. The molecule has 4 atom stereocenters. The minimum Gasteiger partial charge on any atom is -0.481 e. The van der Waals surface area contributed by atoms with Gasteiger partial charge in [-0.25, -0.2) is 0 Å². The van der Waals surface area contributed by atoms with Crippen molar-refractivity contribution in [3.63, 3.8) is 0 Å². The molecule has 3 aromatic rings. The van der Waals surface area contributed by atoms with Gasteiger partial charge in [-0.1, -0.05) is 60.5 Å². The molecule has 1 aliphatic rings. The monoisotopic (exact) mass is 524 g/mol. The smallest absolute Gasteiger partial charge is 0.304 e. The number of carbonyl (C=O) groups is 2. The summed E-state index contributed by atoms with van der Waals surface area (Å²) >= 11 is 12.6. The van der Waals surface area contributed by atoms with Crippen LogP contribution in [-0.4, -0.2) is 32.9 Å². The molecule has 2 unspecified atom stereocenters. The number of rotatable bonds is 9. The highest BCUT2D eigenvalue weighted by molar-refractivity contribution is 6.30. The van der Waals surface area contributed by atoms with E-state index in [0.717, 1.165) is 36.1 Å². The number of halogens is 2. The van der Waals surface area contributed by atoms with Crippen LogP contribution in [0.5, 0.6) is 0 Å². The Balaban J connectivity index is 1.79. The van der Waals surface area contributed by atoms with Gasteiger partial charge in [0.05, 0.1) is 12.5 Å². The van der Waals surface area contributed by atoms with E-state index in [1.165, 1.54) is 0 Å². The fourth-order valence-electron chi connectivity index (χ4n) is 5.38. The SMILES string of the molecule is CC[C@@H](CCc1ccccn1)N1C(=O)C(CC(=O)O)C[C@H](c2cccc(Cl)c2)C1c1ccc(Cl)cc1. The number of piperidine rings is 1. The van der Waals surface area contributed by atoms with Crippen molar-refractivity contribution in [2.75, 3.05) is 0 Å². The predicted octanol–water partition coefficient (Wildman–Crippen LogP) is 6.95. The lowest BCUT2D eigenvalue weighted by molar-refractivity contribution is -0.152. The summed E-state index contributed by atoms with van der Waals surface area (Å²) in [7, 11) is 0. The van der Waals surface area contributed by atoms with Gasteiger partial charge in [-0.2, -0.15) is 0 Å². The Labute approximate surface area is 222 Å². The lowest BCUT2D eigenvalue weighted by Gasteiger charge is -2.48. The lowest BCUT2D eigenvalue weighted by atomic mass is 9.74. The van der Waals surface area contributed by atoms with Crippen molar-refractivity contribution in [3.05, 3.63) is 99.8 Å². The molecule has 2 aromatic carbocycles. The van der Waals surface area contributed by atoms with Crippen LogP contribution in [0.15, 0.2) is 72.9 Å². The van der Waals surface area contributed by atoms with Crippen molar-refractivity contribution in [1.29, 1.82) is 0 Å². The average Bonchev–Trinajstić information content (AvgIpc) is 2.87. The molecule has 0 saturated carbocycles. The summed E-state index contributed by atoms with van der Waals surface area (Å²) in [6, 6.07) is 20.8. The van der Waals surface area contributed by atoms with E-state index in [4.69, 9.17) is 23.2 Å². The summed E-state index contributed by atoms with van der Waals surface area (Å²) in [6.07, 6.45) is 4.21. The van der Waals surface area contributed by atoms with Gasteiger partial charge in [0.25, 0.3) is 0 Å². The molecule has 4 rings (SSSR count). The van der Waals surface area contributed by atoms with Gasteiger partial charge >= 0.3 is 5.97 Å². The van der Waals surface area contributed by atoms with Crippen molar-refractivity contribution in [3.8, 4) is 0 Å². The van der Waals surface area contributed by atoms with Crippen LogP contribution < -0.4 is 0 Å². The first-order valence-corrected chi connectivity index (χ1v) is 13.1. The number of likely N-dealkylation sites (tertiary alicyclic amines) is 1. The van der Waals surface area contributed by atoms with Gasteiger partial charge in [-0.15, -0.1) is 0 Å². The second kappa shape index (κ2) is 11.9. The van der Waals surface area contributed by atoms with Gasteiger partial charge in [0.15, 0.2) is 0 Å². The molecule has 1 fully saturated rings. The van der Waals surface area contributed by atoms with E-state index >= 15 is 0 Å². The first-order valence-electron chi connectivity index (χ1n) is 12.3. The fourth-order valence-corrected chi connectivity index (χ4v) is 5.70. The third kappa shape index (κ3) is 6.08. The highest BCUT2D eigenvalue weighted by Crippen LogP contribution is 2.48. The molecule has 0 spiro atoms. The largest absolute Gasteiger partial charge is 0.481 e. The quantitative estimate of drug-likeness (QED) is 0.328. The van der Waals surface area contributed by atoms with E-state index in [1.54, 1.807) is 6.20 Å². The molecule has 0 aliphatic carbocycles. The van der Waals surface area contributed by atoms with Crippen LogP contribution in [0, 0.1) is 5.92 Å². The zero-order valence-corrected chi connectivity index (χ0v) is 21.7. The van der Waals surface area contributed by atoms with Crippen LogP contribution in [0.1, 0.15) is 61.4 Å². The number of carbonyl (C=O) groups excluding carboxylic acids is 1. The molecule has 1 saturated heterocycles. The fraction of sp³-hybridized carbons (Fsp3) is 0.345. The van der Waals surface area contributed by atoms with Gasteiger partial charge in [0.2, 0.25) is 5.91 Å². The highest BCUT2D eigenvalue weighted by Gasteiger charge is 2.45. The Hall–Kier alpha value is -2.89. The first-order chi connectivity index (χ1) is 17.4. The summed E-state index contributed by atoms with van der Waals surface area (Å²) in [5.74, 6) is -1.80. The summed E-state index contributed by atoms with van der Waals surface area (Å²) in [6.45, 7) is 2.07. The Morgan fingerprint density at radius 1 is 1.06 bits per heavy atom. The molecule has 1 amide bonds. The number of nitrogens with zero attached hydrogens (tertiary/aromatic N) is 2. The van der Waals surface area contributed by atoms with Crippen LogP contribution in [0.4, 0.5) is 0 Å². The number of hydrogen-bond acceptors (Lipinski definition) is 3. The van der Waals surface area contributed by atoms with Crippen molar-refractivity contribution in [2.24, 2.45) is 5.92 Å². The van der Waals surface area contributed by atoms with Crippen LogP contribution in [0.3, 0.4) is 0 Å².